The predicted molar refractivity (Wildman–Crippen MR) is 92.9 cm³/mol. The van der Waals surface area contributed by atoms with Crippen molar-refractivity contribution in [3.8, 4) is 0 Å². The predicted octanol–water partition coefficient (Wildman–Crippen LogP) is 3.90. The Bertz CT molecular complexity index is 602. The highest BCUT2D eigenvalue weighted by atomic mass is 79.9. The summed E-state index contributed by atoms with van der Waals surface area (Å²) in [6.07, 6.45) is 2.75. The van der Waals surface area contributed by atoms with Crippen molar-refractivity contribution >= 4 is 33.4 Å². The molecule has 132 valence electrons. The van der Waals surface area contributed by atoms with Gasteiger partial charge in [-0.1, -0.05) is 11.6 Å². The Hall–Kier alpha value is -0.690. The third-order valence-corrected chi connectivity index (χ3v) is 5.34. The normalized spacial score (nSPS) is 22.1. The lowest BCUT2D eigenvalue weighted by Crippen LogP contribution is -2.41. The van der Waals surface area contributed by atoms with E-state index < -0.39 is 5.82 Å². The molecule has 1 aromatic carbocycles. The van der Waals surface area contributed by atoms with Gasteiger partial charge in [0.2, 0.25) is 0 Å². The van der Waals surface area contributed by atoms with Gasteiger partial charge in [0.05, 0.1) is 29.4 Å². The molecule has 0 saturated carbocycles. The van der Waals surface area contributed by atoms with E-state index in [-0.39, 0.29) is 22.0 Å². The number of rotatable bonds is 4. The first-order chi connectivity index (χ1) is 11.5. The molecule has 0 spiro atoms. The largest absolute Gasteiger partial charge is 0.381 e. The molecule has 0 bridgehead atoms. The summed E-state index contributed by atoms with van der Waals surface area (Å²) in [5.74, 6) is -0.398. The van der Waals surface area contributed by atoms with Gasteiger partial charge in [-0.3, -0.25) is 4.79 Å². The van der Waals surface area contributed by atoms with Crippen LogP contribution in [-0.2, 0) is 9.47 Å². The molecule has 1 amide bonds. The first kappa shape index (κ1) is 18.1. The Labute approximate surface area is 154 Å². The second-order valence-electron chi connectivity index (χ2n) is 6.30. The number of benzene rings is 1. The van der Waals surface area contributed by atoms with Crippen LogP contribution < -0.4 is 0 Å². The fourth-order valence-electron chi connectivity index (χ4n) is 3.09. The third kappa shape index (κ3) is 4.28. The van der Waals surface area contributed by atoms with Crippen molar-refractivity contribution < 1.29 is 18.7 Å². The molecule has 2 heterocycles. The van der Waals surface area contributed by atoms with Crippen LogP contribution in [0, 0.1) is 11.7 Å². The minimum absolute atomic E-state index is 0.0110. The van der Waals surface area contributed by atoms with Gasteiger partial charge < -0.3 is 14.4 Å². The monoisotopic (exact) mass is 419 g/mol. The highest BCUT2D eigenvalue weighted by Gasteiger charge is 2.27. The van der Waals surface area contributed by atoms with E-state index in [0.717, 1.165) is 32.5 Å². The summed E-state index contributed by atoms with van der Waals surface area (Å²) >= 11 is 9.03. The number of carbonyl (C=O) groups excluding carboxylic acids is 1. The lowest BCUT2D eigenvalue weighted by molar-refractivity contribution is -0.00801. The Morgan fingerprint density at radius 3 is 2.79 bits per heavy atom. The molecule has 0 N–H and O–H groups in total. The fourth-order valence-corrected chi connectivity index (χ4v) is 3.90. The van der Waals surface area contributed by atoms with Crippen LogP contribution in [-0.4, -0.2) is 49.8 Å². The van der Waals surface area contributed by atoms with Gasteiger partial charge in [-0.25, -0.2) is 4.39 Å². The number of hydrogen-bond acceptors (Lipinski definition) is 3. The summed E-state index contributed by atoms with van der Waals surface area (Å²) in [7, 11) is 0. The van der Waals surface area contributed by atoms with Gasteiger partial charge >= 0.3 is 0 Å². The van der Waals surface area contributed by atoms with E-state index in [1.165, 1.54) is 12.1 Å². The van der Waals surface area contributed by atoms with Crippen LogP contribution in [0.3, 0.4) is 0 Å². The summed E-state index contributed by atoms with van der Waals surface area (Å²) in [5.41, 5.74) is 0.0110. The Kier molecular flexibility index (Phi) is 6.13. The van der Waals surface area contributed by atoms with Gasteiger partial charge in [0, 0.05) is 30.6 Å². The number of halogens is 3. The van der Waals surface area contributed by atoms with E-state index in [9.17, 15) is 9.18 Å². The van der Waals surface area contributed by atoms with Gasteiger partial charge in [-0.2, -0.15) is 0 Å². The molecule has 2 aliphatic rings. The first-order valence-corrected chi connectivity index (χ1v) is 9.35. The molecule has 24 heavy (non-hydrogen) atoms. The van der Waals surface area contributed by atoms with Gasteiger partial charge in [-0.05, 0) is 47.3 Å². The van der Waals surface area contributed by atoms with Crippen molar-refractivity contribution in [2.24, 2.45) is 5.92 Å². The molecule has 3 rings (SSSR count). The topological polar surface area (TPSA) is 38.8 Å². The fraction of sp³-hybridized carbons (Fsp3) is 0.588. The van der Waals surface area contributed by atoms with Crippen molar-refractivity contribution in [3.05, 3.63) is 33.0 Å². The number of carbonyl (C=O) groups is 1. The van der Waals surface area contributed by atoms with Gasteiger partial charge in [-0.15, -0.1) is 0 Å². The minimum atomic E-state index is -0.566. The average molecular weight is 421 g/mol. The minimum Gasteiger partial charge on any atom is -0.381 e. The highest BCUT2D eigenvalue weighted by molar-refractivity contribution is 9.10. The van der Waals surface area contributed by atoms with Crippen molar-refractivity contribution in [2.45, 2.75) is 25.4 Å². The average Bonchev–Trinajstić information content (AvgIpc) is 3.09. The summed E-state index contributed by atoms with van der Waals surface area (Å²) in [4.78, 5) is 14.2. The number of hydrogen-bond donors (Lipinski definition) is 0. The molecular weight excluding hydrogens is 401 g/mol. The van der Waals surface area contributed by atoms with E-state index in [1.807, 2.05) is 0 Å². The van der Waals surface area contributed by atoms with E-state index in [4.69, 9.17) is 21.1 Å². The summed E-state index contributed by atoms with van der Waals surface area (Å²) in [6.45, 7) is 3.44. The van der Waals surface area contributed by atoms with E-state index in [0.29, 0.717) is 30.6 Å². The molecule has 0 aliphatic carbocycles. The summed E-state index contributed by atoms with van der Waals surface area (Å²) in [6, 6.07) is 2.83. The van der Waals surface area contributed by atoms with Crippen molar-refractivity contribution in [2.75, 3.05) is 32.9 Å². The van der Waals surface area contributed by atoms with Crippen molar-refractivity contribution in [1.29, 1.82) is 0 Å². The molecule has 2 saturated heterocycles. The maximum atomic E-state index is 14.2. The number of ether oxygens (including phenoxy) is 2. The van der Waals surface area contributed by atoms with Crippen LogP contribution in [0.5, 0.6) is 0 Å². The van der Waals surface area contributed by atoms with Crippen LogP contribution in [0.4, 0.5) is 4.39 Å². The SMILES string of the molecule is O=C(c1cc(Cl)cc(Br)c1F)N1CCC(OC[C@@H]2CCOC2)CC1. The van der Waals surface area contributed by atoms with Gasteiger partial charge in [0.1, 0.15) is 5.82 Å². The Balaban J connectivity index is 1.53. The van der Waals surface area contributed by atoms with E-state index in [2.05, 4.69) is 15.9 Å². The second-order valence-corrected chi connectivity index (χ2v) is 7.59. The number of likely N-dealkylation sites (tertiary alicyclic amines) is 1. The van der Waals surface area contributed by atoms with Crippen LogP contribution in [0.15, 0.2) is 16.6 Å². The number of piperidine rings is 1. The zero-order valence-electron chi connectivity index (χ0n) is 13.3. The lowest BCUT2D eigenvalue weighted by atomic mass is 10.1. The molecule has 0 radical (unpaired) electrons. The number of nitrogens with zero attached hydrogens (tertiary/aromatic N) is 1. The highest BCUT2D eigenvalue weighted by Crippen LogP contribution is 2.26. The zero-order valence-corrected chi connectivity index (χ0v) is 15.6. The van der Waals surface area contributed by atoms with E-state index in [1.54, 1.807) is 4.90 Å². The van der Waals surface area contributed by atoms with Crippen LogP contribution in [0.1, 0.15) is 29.6 Å². The van der Waals surface area contributed by atoms with Crippen LogP contribution >= 0.6 is 27.5 Å². The third-order valence-electron chi connectivity index (χ3n) is 4.54. The standard InChI is InChI=1S/C17H20BrClFNO3/c18-15-8-12(19)7-14(16(15)20)17(22)21-4-1-13(2-5-21)24-10-11-3-6-23-9-11/h7-8,11,13H,1-6,9-10H2/t11-/m1/s1. The maximum absolute atomic E-state index is 14.2. The summed E-state index contributed by atoms with van der Waals surface area (Å²) in [5, 5.41) is 0.337. The second kappa shape index (κ2) is 8.13. The molecular formula is C17H20BrClFNO3. The van der Waals surface area contributed by atoms with Crippen molar-refractivity contribution in [1.82, 2.24) is 4.90 Å². The molecule has 1 atom stereocenters. The molecule has 7 heteroatoms. The quantitative estimate of drug-likeness (QED) is 0.694. The van der Waals surface area contributed by atoms with Crippen molar-refractivity contribution in [3.63, 3.8) is 0 Å². The molecule has 0 aromatic heterocycles. The van der Waals surface area contributed by atoms with Gasteiger partial charge in [0.25, 0.3) is 5.91 Å². The molecule has 4 nitrogen and oxygen atoms in total. The molecule has 0 unspecified atom stereocenters. The smallest absolute Gasteiger partial charge is 0.256 e. The van der Waals surface area contributed by atoms with Crippen LogP contribution in [0.2, 0.25) is 5.02 Å². The van der Waals surface area contributed by atoms with Gasteiger partial charge in [0.15, 0.2) is 0 Å². The zero-order chi connectivity index (χ0) is 17.1. The maximum Gasteiger partial charge on any atom is 0.256 e. The number of amides is 1. The Morgan fingerprint density at radius 1 is 1.38 bits per heavy atom. The summed E-state index contributed by atoms with van der Waals surface area (Å²) < 4.78 is 25.7. The molecule has 1 aromatic rings. The lowest BCUT2D eigenvalue weighted by Gasteiger charge is -2.32. The Morgan fingerprint density at radius 2 is 2.12 bits per heavy atom. The molecule has 2 fully saturated rings. The van der Waals surface area contributed by atoms with E-state index >= 15 is 0 Å². The van der Waals surface area contributed by atoms with Crippen LogP contribution in [0.25, 0.3) is 0 Å². The first-order valence-electron chi connectivity index (χ1n) is 8.17. The molecule has 2 aliphatic heterocycles.